The number of hydrogen-bond donors (Lipinski definition) is 1. The second-order valence-corrected chi connectivity index (χ2v) is 4.78. The molecule has 0 atom stereocenters. The van der Waals surface area contributed by atoms with Crippen LogP contribution >= 0.6 is 0 Å². The Kier molecular flexibility index (Phi) is 4.01. The van der Waals surface area contributed by atoms with Gasteiger partial charge in [-0.25, -0.2) is 0 Å². The number of phenolic OH excluding ortho intramolecular Hbond substituents is 1. The van der Waals surface area contributed by atoms with Gasteiger partial charge in [0.25, 0.3) is 0 Å². The Morgan fingerprint density at radius 3 is 2.32 bits per heavy atom. The standard InChI is InChI=1S/C18H16N2O2/c1-2-22-14-9-7-13(8-10-14)19-20-17-11-12-18(21)16-6-4-3-5-15(16)17/h3-12,21H,2H2,1H3. The zero-order chi connectivity index (χ0) is 15.4. The van der Waals surface area contributed by atoms with E-state index in [0.717, 1.165) is 27.9 Å². The van der Waals surface area contributed by atoms with Crippen LogP contribution in [0.5, 0.6) is 11.5 Å². The van der Waals surface area contributed by atoms with Gasteiger partial charge in [0, 0.05) is 10.8 Å². The molecular formula is C18H16N2O2. The van der Waals surface area contributed by atoms with Crippen molar-refractivity contribution in [3.63, 3.8) is 0 Å². The lowest BCUT2D eigenvalue weighted by atomic mass is 10.1. The number of benzene rings is 3. The summed E-state index contributed by atoms with van der Waals surface area (Å²) in [5.74, 6) is 1.06. The van der Waals surface area contributed by atoms with Crippen molar-refractivity contribution >= 4 is 22.1 Å². The van der Waals surface area contributed by atoms with Gasteiger partial charge < -0.3 is 9.84 Å². The highest BCUT2D eigenvalue weighted by atomic mass is 16.5. The Bertz CT molecular complexity index is 811. The van der Waals surface area contributed by atoms with E-state index in [1.807, 2.05) is 55.5 Å². The topological polar surface area (TPSA) is 54.2 Å². The number of ether oxygens (including phenoxy) is 1. The molecule has 0 spiro atoms. The van der Waals surface area contributed by atoms with Crippen LogP contribution in [0.4, 0.5) is 11.4 Å². The van der Waals surface area contributed by atoms with Gasteiger partial charge in [-0.2, -0.15) is 5.11 Å². The van der Waals surface area contributed by atoms with Crippen LogP contribution in [-0.4, -0.2) is 11.7 Å². The van der Waals surface area contributed by atoms with E-state index < -0.39 is 0 Å². The molecule has 0 aliphatic carbocycles. The molecule has 110 valence electrons. The minimum atomic E-state index is 0.246. The fourth-order valence-corrected chi connectivity index (χ4v) is 2.24. The molecule has 0 saturated carbocycles. The fourth-order valence-electron chi connectivity index (χ4n) is 2.24. The lowest BCUT2D eigenvalue weighted by molar-refractivity contribution is 0.340. The number of aromatic hydroxyl groups is 1. The predicted molar refractivity (Wildman–Crippen MR) is 87.4 cm³/mol. The lowest BCUT2D eigenvalue weighted by Gasteiger charge is -2.04. The van der Waals surface area contributed by atoms with Gasteiger partial charge >= 0.3 is 0 Å². The van der Waals surface area contributed by atoms with E-state index in [1.165, 1.54) is 0 Å². The van der Waals surface area contributed by atoms with E-state index in [9.17, 15) is 5.11 Å². The van der Waals surface area contributed by atoms with Crippen LogP contribution in [-0.2, 0) is 0 Å². The Morgan fingerprint density at radius 1 is 0.864 bits per heavy atom. The first-order valence-corrected chi connectivity index (χ1v) is 7.13. The molecule has 0 bridgehead atoms. The molecular weight excluding hydrogens is 276 g/mol. The second kappa shape index (κ2) is 6.26. The summed E-state index contributed by atoms with van der Waals surface area (Å²) in [5, 5.41) is 20.1. The summed E-state index contributed by atoms with van der Waals surface area (Å²) in [6, 6.07) is 18.4. The Labute approximate surface area is 128 Å². The van der Waals surface area contributed by atoms with Crippen LogP contribution < -0.4 is 4.74 Å². The highest BCUT2D eigenvalue weighted by Gasteiger charge is 2.03. The van der Waals surface area contributed by atoms with Crippen molar-refractivity contribution in [3.8, 4) is 11.5 Å². The van der Waals surface area contributed by atoms with Crippen LogP contribution in [0.2, 0.25) is 0 Å². The maximum atomic E-state index is 9.88. The highest BCUT2D eigenvalue weighted by Crippen LogP contribution is 2.33. The zero-order valence-corrected chi connectivity index (χ0v) is 12.2. The third-order valence-electron chi connectivity index (χ3n) is 3.30. The van der Waals surface area contributed by atoms with Crippen molar-refractivity contribution in [1.82, 2.24) is 0 Å². The van der Waals surface area contributed by atoms with Crippen LogP contribution in [0.3, 0.4) is 0 Å². The molecule has 1 N–H and O–H groups in total. The first-order chi connectivity index (χ1) is 10.8. The molecule has 0 radical (unpaired) electrons. The molecule has 3 rings (SSSR count). The summed E-state index contributed by atoms with van der Waals surface area (Å²) in [7, 11) is 0. The van der Waals surface area contributed by atoms with Gasteiger partial charge in [-0.05, 0) is 43.3 Å². The molecule has 0 aliphatic rings. The molecule has 0 heterocycles. The fraction of sp³-hybridized carbons (Fsp3) is 0.111. The summed E-state index contributed by atoms with van der Waals surface area (Å²) in [6.07, 6.45) is 0. The smallest absolute Gasteiger partial charge is 0.123 e. The molecule has 0 saturated heterocycles. The predicted octanol–water partition coefficient (Wildman–Crippen LogP) is 5.36. The molecule has 0 aromatic heterocycles. The van der Waals surface area contributed by atoms with E-state index in [4.69, 9.17) is 4.74 Å². The van der Waals surface area contributed by atoms with Crippen LogP contribution in [0.15, 0.2) is 70.9 Å². The number of fused-ring (bicyclic) bond motifs is 1. The van der Waals surface area contributed by atoms with Crippen LogP contribution in [0.25, 0.3) is 10.8 Å². The van der Waals surface area contributed by atoms with Crippen molar-refractivity contribution in [2.45, 2.75) is 6.92 Å². The second-order valence-electron chi connectivity index (χ2n) is 4.78. The number of nitrogens with zero attached hydrogens (tertiary/aromatic N) is 2. The van der Waals surface area contributed by atoms with E-state index in [2.05, 4.69) is 10.2 Å². The van der Waals surface area contributed by atoms with Crippen molar-refractivity contribution in [2.75, 3.05) is 6.61 Å². The van der Waals surface area contributed by atoms with Gasteiger partial charge in [-0.1, -0.05) is 24.3 Å². The maximum Gasteiger partial charge on any atom is 0.123 e. The summed E-state index contributed by atoms with van der Waals surface area (Å²) in [6.45, 7) is 2.59. The van der Waals surface area contributed by atoms with E-state index >= 15 is 0 Å². The summed E-state index contributed by atoms with van der Waals surface area (Å²) in [5.41, 5.74) is 1.47. The summed E-state index contributed by atoms with van der Waals surface area (Å²) in [4.78, 5) is 0. The zero-order valence-electron chi connectivity index (χ0n) is 12.2. The first-order valence-electron chi connectivity index (χ1n) is 7.13. The van der Waals surface area contributed by atoms with E-state index in [1.54, 1.807) is 12.1 Å². The molecule has 3 aromatic rings. The van der Waals surface area contributed by atoms with E-state index in [0.29, 0.717) is 6.61 Å². The third kappa shape index (κ3) is 2.91. The number of azo groups is 1. The average Bonchev–Trinajstić information content (AvgIpc) is 2.56. The van der Waals surface area contributed by atoms with Gasteiger partial charge in [-0.3, -0.25) is 0 Å². The molecule has 3 aromatic carbocycles. The number of phenols is 1. The van der Waals surface area contributed by atoms with Crippen molar-refractivity contribution in [1.29, 1.82) is 0 Å². The molecule has 0 amide bonds. The largest absolute Gasteiger partial charge is 0.507 e. The molecule has 0 aliphatic heterocycles. The number of rotatable bonds is 4. The monoisotopic (exact) mass is 292 g/mol. The van der Waals surface area contributed by atoms with Crippen molar-refractivity contribution in [2.24, 2.45) is 10.2 Å². The normalized spacial score (nSPS) is 11.1. The SMILES string of the molecule is CCOc1ccc(N=Nc2ccc(O)c3ccccc23)cc1. The first kappa shape index (κ1) is 14.1. The molecule has 4 heteroatoms. The molecule has 0 fully saturated rings. The third-order valence-corrected chi connectivity index (χ3v) is 3.30. The van der Waals surface area contributed by atoms with E-state index in [-0.39, 0.29) is 5.75 Å². The van der Waals surface area contributed by atoms with Gasteiger partial charge in [-0.15, -0.1) is 5.11 Å². The summed E-state index contributed by atoms with van der Waals surface area (Å²) >= 11 is 0. The van der Waals surface area contributed by atoms with Crippen LogP contribution in [0.1, 0.15) is 6.92 Å². The van der Waals surface area contributed by atoms with Crippen molar-refractivity contribution in [3.05, 3.63) is 60.7 Å². The van der Waals surface area contributed by atoms with Crippen molar-refractivity contribution < 1.29 is 9.84 Å². The maximum absolute atomic E-state index is 9.88. The molecule has 4 nitrogen and oxygen atoms in total. The summed E-state index contributed by atoms with van der Waals surface area (Å²) < 4.78 is 5.39. The Balaban J connectivity index is 1.91. The molecule has 22 heavy (non-hydrogen) atoms. The molecule has 0 unspecified atom stereocenters. The highest BCUT2D eigenvalue weighted by molar-refractivity contribution is 5.96. The minimum Gasteiger partial charge on any atom is -0.507 e. The lowest BCUT2D eigenvalue weighted by Crippen LogP contribution is -1.89. The van der Waals surface area contributed by atoms with Crippen LogP contribution in [0, 0.1) is 0 Å². The Morgan fingerprint density at radius 2 is 1.59 bits per heavy atom. The number of hydrogen-bond acceptors (Lipinski definition) is 4. The quantitative estimate of drug-likeness (QED) is 0.658. The van der Waals surface area contributed by atoms with Gasteiger partial charge in [0.05, 0.1) is 18.0 Å². The van der Waals surface area contributed by atoms with Gasteiger partial charge in [0.15, 0.2) is 0 Å². The van der Waals surface area contributed by atoms with Gasteiger partial charge in [0.1, 0.15) is 11.5 Å². The Hall–Kier alpha value is -2.88. The van der Waals surface area contributed by atoms with Gasteiger partial charge in [0.2, 0.25) is 0 Å². The average molecular weight is 292 g/mol. The minimum absolute atomic E-state index is 0.246.